The highest BCUT2D eigenvalue weighted by molar-refractivity contribution is 7.89. The van der Waals surface area contributed by atoms with E-state index in [2.05, 4.69) is 17.1 Å². The molecule has 37 heavy (non-hydrogen) atoms. The molecule has 1 unspecified atom stereocenters. The Morgan fingerprint density at radius 2 is 1.89 bits per heavy atom. The number of aromatic nitrogens is 2. The van der Waals surface area contributed by atoms with Crippen LogP contribution in [0.5, 0.6) is 0 Å². The predicted molar refractivity (Wildman–Crippen MR) is 147 cm³/mol. The standard InChI is InChI=1S/C28H30N4O3S2/c1-19-16-20(2)26-25(17-19)36-28(30-26)31(18-23-9-4-6-14-29-23)27(33)22-10-12-24(13-11-22)37(34,35)32-15-7-5-8-21(32)3/h4,6,9-14,16-17,21H,5,7-8,15,18H2,1-3H3. The summed E-state index contributed by atoms with van der Waals surface area (Å²) in [7, 11) is -3.61. The molecule has 3 heterocycles. The summed E-state index contributed by atoms with van der Waals surface area (Å²) in [6.07, 6.45) is 4.46. The number of nitrogens with zero attached hydrogens (tertiary/aromatic N) is 4. The van der Waals surface area contributed by atoms with E-state index >= 15 is 0 Å². The number of carbonyl (C=O) groups excluding carboxylic acids is 1. The van der Waals surface area contributed by atoms with E-state index in [0.29, 0.717) is 17.2 Å². The molecule has 1 fully saturated rings. The molecular weight excluding hydrogens is 504 g/mol. The maximum Gasteiger partial charge on any atom is 0.260 e. The van der Waals surface area contributed by atoms with Gasteiger partial charge in [0.05, 0.1) is 27.4 Å². The van der Waals surface area contributed by atoms with Crippen molar-refractivity contribution in [3.05, 3.63) is 83.2 Å². The van der Waals surface area contributed by atoms with Gasteiger partial charge in [0.2, 0.25) is 10.0 Å². The highest BCUT2D eigenvalue weighted by Crippen LogP contribution is 2.33. The van der Waals surface area contributed by atoms with Crippen molar-refractivity contribution in [3.8, 4) is 0 Å². The summed E-state index contributed by atoms with van der Waals surface area (Å²) in [5.41, 5.74) is 4.21. The van der Waals surface area contributed by atoms with Crippen LogP contribution in [0.25, 0.3) is 10.2 Å². The van der Waals surface area contributed by atoms with Crippen LogP contribution in [0, 0.1) is 13.8 Å². The molecule has 7 nitrogen and oxygen atoms in total. The van der Waals surface area contributed by atoms with Crippen molar-refractivity contribution in [3.63, 3.8) is 0 Å². The molecule has 2 aromatic heterocycles. The number of aryl methyl sites for hydroxylation is 2. The molecule has 192 valence electrons. The predicted octanol–water partition coefficient (Wildman–Crippen LogP) is 5.72. The Labute approximate surface area is 221 Å². The molecule has 1 aliphatic heterocycles. The second-order valence-corrected chi connectivity index (χ2v) is 12.5. The van der Waals surface area contributed by atoms with Gasteiger partial charge in [-0.1, -0.05) is 29.9 Å². The van der Waals surface area contributed by atoms with Gasteiger partial charge in [-0.3, -0.25) is 14.7 Å². The maximum absolute atomic E-state index is 13.8. The van der Waals surface area contributed by atoms with Gasteiger partial charge in [-0.25, -0.2) is 13.4 Å². The van der Waals surface area contributed by atoms with Crippen molar-refractivity contribution in [2.45, 2.75) is 57.5 Å². The van der Waals surface area contributed by atoms with Gasteiger partial charge >= 0.3 is 0 Å². The molecule has 0 radical (unpaired) electrons. The molecule has 0 aliphatic carbocycles. The number of amides is 1. The third-order valence-electron chi connectivity index (χ3n) is 6.79. The maximum atomic E-state index is 13.8. The molecule has 0 spiro atoms. The fraction of sp³-hybridized carbons (Fsp3) is 0.321. The molecule has 1 aliphatic rings. The minimum atomic E-state index is -3.61. The summed E-state index contributed by atoms with van der Waals surface area (Å²) in [6, 6.07) is 16.0. The zero-order valence-corrected chi connectivity index (χ0v) is 22.8. The fourth-order valence-electron chi connectivity index (χ4n) is 4.84. The van der Waals surface area contributed by atoms with Gasteiger partial charge in [0.25, 0.3) is 5.91 Å². The molecule has 9 heteroatoms. The highest BCUT2D eigenvalue weighted by Gasteiger charge is 2.31. The number of hydrogen-bond acceptors (Lipinski definition) is 6. The number of thiazole rings is 1. The van der Waals surface area contributed by atoms with Crippen molar-refractivity contribution in [1.82, 2.24) is 14.3 Å². The summed E-state index contributed by atoms with van der Waals surface area (Å²) in [5.74, 6) is -0.255. The van der Waals surface area contributed by atoms with Gasteiger partial charge in [-0.05, 0) is 87.2 Å². The van der Waals surface area contributed by atoms with Crippen molar-refractivity contribution < 1.29 is 13.2 Å². The number of rotatable bonds is 6. The molecule has 5 rings (SSSR count). The quantitative estimate of drug-likeness (QED) is 0.316. The van der Waals surface area contributed by atoms with Gasteiger partial charge in [-0.2, -0.15) is 4.31 Å². The molecule has 0 saturated carbocycles. The Morgan fingerprint density at radius 1 is 1.11 bits per heavy atom. The Bertz CT molecular complexity index is 1530. The number of hydrogen-bond donors (Lipinski definition) is 0. The summed E-state index contributed by atoms with van der Waals surface area (Å²) in [6.45, 7) is 6.79. The van der Waals surface area contributed by atoms with Crippen LogP contribution in [0.2, 0.25) is 0 Å². The van der Waals surface area contributed by atoms with Crippen molar-refractivity contribution in [2.75, 3.05) is 11.4 Å². The first-order valence-electron chi connectivity index (χ1n) is 12.5. The number of anilines is 1. The largest absolute Gasteiger partial charge is 0.278 e. The van der Waals surface area contributed by atoms with E-state index in [0.717, 1.165) is 46.3 Å². The van der Waals surface area contributed by atoms with E-state index in [1.807, 2.05) is 39.0 Å². The Kier molecular flexibility index (Phi) is 7.11. The van der Waals surface area contributed by atoms with Gasteiger partial charge in [0.15, 0.2) is 5.13 Å². The van der Waals surface area contributed by atoms with Crippen LogP contribution in [0.3, 0.4) is 0 Å². The molecule has 1 saturated heterocycles. The first-order valence-corrected chi connectivity index (χ1v) is 14.7. The van der Waals surface area contributed by atoms with Crippen LogP contribution in [-0.4, -0.2) is 41.2 Å². The van der Waals surface area contributed by atoms with Crippen LogP contribution < -0.4 is 4.90 Å². The van der Waals surface area contributed by atoms with E-state index in [1.165, 1.54) is 23.5 Å². The third-order valence-corrected chi connectivity index (χ3v) is 9.84. The number of pyridine rings is 1. The van der Waals surface area contributed by atoms with Crippen LogP contribution in [0.4, 0.5) is 5.13 Å². The molecular formula is C28H30N4O3S2. The topological polar surface area (TPSA) is 83.5 Å². The fourth-order valence-corrected chi connectivity index (χ4v) is 7.68. The van der Waals surface area contributed by atoms with Crippen LogP contribution in [0.1, 0.15) is 53.4 Å². The lowest BCUT2D eigenvalue weighted by atomic mass is 10.1. The van der Waals surface area contributed by atoms with E-state index in [9.17, 15) is 13.2 Å². The van der Waals surface area contributed by atoms with Crippen LogP contribution in [0.15, 0.2) is 65.7 Å². The van der Waals surface area contributed by atoms with Crippen LogP contribution in [-0.2, 0) is 16.6 Å². The van der Waals surface area contributed by atoms with Crippen molar-refractivity contribution in [1.29, 1.82) is 0 Å². The SMILES string of the molecule is Cc1cc(C)c2nc(N(Cc3ccccn3)C(=O)c3ccc(S(=O)(=O)N4CCCCC4C)cc3)sc2c1. The Morgan fingerprint density at radius 3 is 2.59 bits per heavy atom. The van der Waals surface area contributed by atoms with E-state index in [1.54, 1.807) is 27.5 Å². The van der Waals surface area contributed by atoms with Gasteiger partial charge in [0.1, 0.15) is 0 Å². The molecule has 0 bridgehead atoms. The zero-order chi connectivity index (χ0) is 26.2. The molecule has 4 aromatic rings. The summed E-state index contributed by atoms with van der Waals surface area (Å²) in [5, 5.41) is 0.582. The van der Waals surface area contributed by atoms with Gasteiger partial charge in [0, 0.05) is 24.3 Å². The number of piperidine rings is 1. The third kappa shape index (κ3) is 5.16. The number of benzene rings is 2. The van der Waals surface area contributed by atoms with Crippen molar-refractivity contribution >= 4 is 42.6 Å². The number of carbonyl (C=O) groups is 1. The molecule has 1 amide bonds. The van der Waals surface area contributed by atoms with Crippen LogP contribution >= 0.6 is 11.3 Å². The first-order chi connectivity index (χ1) is 17.7. The normalized spacial score (nSPS) is 16.7. The average Bonchev–Trinajstić information content (AvgIpc) is 3.32. The first kappa shape index (κ1) is 25.5. The monoisotopic (exact) mass is 534 g/mol. The zero-order valence-electron chi connectivity index (χ0n) is 21.2. The highest BCUT2D eigenvalue weighted by atomic mass is 32.2. The molecule has 0 N–H and O–H groups in total. The number of fused-ring (bicyclic) bond motifs is 1. The van der Waals surface area contributed by atoms with E-state index in [4.69, 9.17) is 4.98 Å². The second-order valence-electron chi connectivity index (χ2n) is 9.62. The minimum absolute atomic E-state index is 0.0277. The van der Waals surface area contributed by atoms with E-state index < -0.39 is 10.0 Å². The summed E-state index contributed by atoms with van der Waals surface area (Å²) < 4.78 is 29.1. The minimum Gasteiger partial charge on any atom is -0.278 e. The average molecular weight is 535 g/mol. The summed E-state index contributed by atoms with van der Waals surface area (Å²) >= 11 is 1.47. The van der Waals surface area contributed by atoms with Gasteiger partial charge < -0.3 is 0 Å². The van der Waals surface area contributed by atoms with Crippen molar-refractivity contribution in [2.24, 2.45) is 0 Å². The number of sulfonamides is 1. The lowest BCUT2D eigenvalue weighted by Gasteiger charge is -2.32. The lowest BCUT2D eigenvalue weighted by molar-refractivity contribution is 0.0984. The molecule has 2 aromatic carbocycles. The lowest BCUT2D eigenvalue weighted by Crippen LogP contribution is -2.41. The van der Waals surface area contributed by atoms with E-state index in [-0.39, 0.29) is 23.4 Å². The molecule has 1 atom stereocenters. The smallest absolute Gasteiger partial charge is 0.260 e. The Hall–Kier alpha value is -3.14. The second kappa shape index (κ2) is 10.3. The van der Waals surface area contributed by atoms with Gasteiger partial charge in [-0.15, -0.1) is 0 Å². The Balaban J connectivity index is 1.49. The summed E-state index contributed by atoms with van der Waals surface area (Å²) in [4.78, 5) is 24.9.